The summed E-state index contributed by atoms with van der Waals surface area (Å²) in [5.74, 6) is -0.927. The molecule has 0 radical (unpaired) electrons. The second kappa shape index (κ2) is 39.4. The van der Waals surface area contributed by atoms with Crippen LogP contribution in [0.25, 0.3) is 0 Å². The highest BCUT2D eigenvalue weighted by atomic mass is 31.2. The fourth-order valence-corrected chi connectivity index (χ4v) is 6.48. The standard InChI is InChI=1S/C40H77O10P.H3N/c1-3-5-7-9-11-13-15-17-18-20-22-24-26-28-30-32-40(44)50-38(36-49-51(45,46)48-34-37(42)33-41)35-47-39(43)31-29-27-25-23-21-19-16-14-12-10-8-6-4-2;/h17-18,37-38,41-42H,3-16,19-36H2,1-2H3,(H,45,46);1H3/b18-17-;/t37?,38-;/m1./s1. The van der Waals surface area contributed by atoms with Gasteiger partial charge in [0.1, 0.15) is 12.7 Å². The average Bonchev–Trinajstić information content (AvgIpc) is 3.12. The molecule has 0 rings (SSSR count). The molecule has 0 bridgehead atoms. The highest BCUT2D eigenvalue weighted by Crippen LogP contribution is 2.43. The Morgan fingerprint density at radius 1 is 0.577 bits per heavy atom. The number of aliphatic hydroxyl groups excluding tert-OH is 2. The van der Waals surface area contributed by atoms with Gasteiger partial charge in [0, 0.05) is 12.8 Å². The Labute approximate surface area is 317 Å². The molecule has 0 heterocycles. The van der Waals surface area contributed by atoms with Gasteiger partial charge >= 0.3 is 19.8 Å². The van der Waals surface area contributed by atoms with Crippen LogP contribution in [0.15, 0.2) is 12.2 Å². The number of ether oxygens (including phenoxy) is 2. The summed E-state index contributed by atoms with van der Waals surface area (Å²) < 4.78 is 32.6. The zero-order chi connectivity index (χ0) is 37.7. The van der Waals surface area contributed by atoms with Crippen molar-refractivity contribution in [2.75, 3.05) is 26.4 Å². The largest absolute Gasteiger partial charge is 0.472 e. The molecule has 2 unspecified atom stereocenters. The van der Waals surface area contributed by atoms with Crippen LogP contribution in [0.5, 0.6) is 0 Å². The van der Waals surface area contributed by atoms with Crippen LogP contribution in [0.4, 0.5) is 0 Å². The first kappa shape index (κ1) is 52.8. The minimum absolute atomic E-state index is 0. The average molecular weight is 766 g/mol. The van der Waals surface area contributed by atoms with E-state index >= 15 is 0 Å². The maximum Gasteiger partial charge on any atom is 0.472 e. The van der Waals surface area contributed by atoms with Gasteiger partial charge in [-0.25, -0.2) is 4.57 Å². The minimum Gasteiger partial charge on any atom is -0.462 e. The molecule has 0 aliphatic rings. The molecule has 310 valence electrons. The van der Waals surface area contributed by atoms with Crippen molar-refractivity contribution < 1.29 is 47.8 Å². The Morgan fingerprint density at radius 2 is 0.962 bits per heavy atom. The number of hydrogen-bond donors (Lipinski definition) is 4. The fourth-order valence-electron chi connectivity index (χ4n) is 5.69. The molecule has 0 saturated carbocycles. The monoisotopic (exact) mass is 766 g/mol. The fraction of sp³-hybridized carbons (Fsp3) is 0.900. The zero-order valence-corrected chi connectivity index (χ0v) is 34.2. The van der Waals surface area contributed by atoms with Crippen LogP contribution in [-0.4, -0.2) is 65.7 Å². The van der Waals surface area contributed by atoms with E-state index in [0.29, 0.717) is 12.8 Å². The van der Waals surface area contributed by atoms with Gasteiger partial charge in [-0.05, 0) is 38.5 Å². The Morgan fingerprint density at radius 3 is 1.40 bits per heavy atom. The van der Waals surface area contributed by atoms with Crippen LogP contribution in [0.2, 0.25) is 0 Å². The van der Waals surface area contributed by atoms with Crippen LogP contribution in [0.1, 0.15) is 194 Å². The van der Waals surface area contributed by atoms with E-state index in [1.807, 2.05) is 0 Å². The van der Waals surface area contributed by atoms with Crippen LogP contribution >= 0.6 is 7.82 Å². The molecule has 52 heavy (non-hydrogen) atoms. The summed E-state index contributed by atoms with van der Waals surface area (Å²) >= 11 is 0. The predicted octanol–water partition coefficient (Wildman–Crippen LogP) is 10.6. The highest BCUT2D eigenvalue weighted by molar-refractivity contribution is 7.47. The first-order valence-corrected chi connectivity index (χ1v) is 22.1. The molecular formula is C40H80NO10P. The predicted molar refractivity (Wildman–Crippen MR) is 210 cm³/mol. The van der Waals surface area contributed by atoms with Crippen molar-refractivity contribution in [3.8, 4) is 0 Å². The van der Waals surface area contributed by atoms with Crippen LogP contribution in [-0.2, 0) is 32.7 Å². The van der Waals surface area contributed by atoms with Gasteiger partial charge < -0.3 is 30.7 Å². The Hall–Kier alpha value is -1.33. The molecule has 3 atom stereocenters. The van der Waals surface area contributed by atoms with E-state index in [-0.39, 0.29) is 25.6 Å². The van der Waals surface area contributed by atoms with Crippen molar-refractivity contribution in [2.24, 2.45) is 0 Å². The van der Waals surface area contributed by atoms with Crippen molar-refractivity contribution in [3.63, 3.8) is 0 Å². The lowest BCUT2D eigenvalue weighted by atomic mass is 10.0. The second-order valence-corrected chi connectivity index (χ2v) is 15.5. The number of carbonyl (C=O) groups excluding carboxylic acids is 2. The highest BCUT2D eigenvalue weighted by Gasteiger charge is 2.27. The van der Waals surface area contributed by atoms with E-state index in [9.17, 15) is 24.2 Å². The lowest BCUT2D eigenvalue weighted by molar-refractivity contribution is -0.161. The van der Waals surface area contributed by atoms with Crippen molar-refractivity contribution >= 4 is 19.8 Å². The Balaban J connectivity index is 0. The maximum atomic E-state index is 12.6. The van der Waals surface area contributed by atoms with E-state index < -0.39 is 51.8 Å². The second-order valence-electron chi connectivity index (χ2n) is 14.0. The Kier molecular flexibility index (Phi) is 40.0. The molecule has 0 aromatic rings. The number of hydrogen-bond acceptors (Lipinski definition) is 10. The van der Waals surface area contributed by atoms with Gasteiger partial charge in [-0.15, -0.1) is 0 Å². The van der Waals surface area contributed by atoms with E-state index in [2.05, 4.69) is 30.5 Å². The maximum absolute atomic E-state index is 12.6. The van der Waals surface area contributed by atoms with Crippen molar-refractivity contribution in [1.29, 1.82) is 0 Å². The summed E-state index contributed by atoms with van der Waals surface area (Å²) in [5.41, 5.74) is 0. The third kappa shape index (κ3) is 38.4. The van der Waals surface area contributed by atoms with E-state index in [0.717, 1.165) is 57.8 Å². The SMILES string of the molecule is CCCCCCCC/C=C\CCCCCCCC(=O)O[C@H](COC(=O)CCCCCCCCCCCCCCC)COP(=O)(O)OCC(O)CO.N. The van der Waals surface area contributed by atoms with Gasteiger partial charge in [0.2, 0.25) is 0 Å². The number of allylic oxidation sites excluding steroid dienone is 2. The van der Waals surface area contributed by atoms with Gasteiger partial charge in [-0.3, -0.25) is 18.6 Å². The molecule has 0 amide bonds. The first-order chi connectivity index (χ1) is 24.7. The smallest absolute Gasteiger partial charge is 0.462 e. The molecule has 0 fully saturated rings. The van der Waals surface area contributed by atoms with Gasteiger partial charge in [0.25, 0.3) is 0 Å². The summed E-state index contributed by atoms with van der Waals surface area (Å²) in [5, 5.41) is 18.3. The number of carbonyl (C=O) groups is 2. The van der Waals surface area contributed by atoms with Crippen LogP contribution in [0, 0.1) is 0 Å². The van der Waals surface area contributed by atoms with E-state index in [1.165, 1.54) is 96.3 Å². The van der Waals surface area contributed by atoms with Gasteiger partial charge in [-0.1, -0.05) is 154 Å². The first-order valence-electron chi connectivity index (χ1n) is 20.6. The number of rotatable bonds is 39. The Bertz CT molecular complexity index is 875. The van der Waals surface area contributed by atoms with Crippen LogP contribution < -0.4 is 6.15 Å². The summed E-state index contributed by atoms with van der Waals surface area (Å²) in [6.07, 6.45) is 33.2. The zero-order valence-electron chi connectivity index (χ0n) is 33.3. The summed E-state index contributed by atoms with van der Waals surface area (Å²) in [6.45, 7) is 2.37. The minimum atomic E-state index is -4.61. The van der Waals surface area contributed by atoms with Crippen molar-refractivity contribution in [2.45, 2.75) is 206 Å². The molecule has 0 spiro atoms. The van der Waals surface area contributed by atoms with Crippen molar-refractivity contribution in [1.82, 2.24) is 6.15 Å². The molecule has 6 N–H and O–H groups in total. The molecule has 11 nitrogen and oxygen atoms in total. The summed E-state index contributed by atoms with van der Waals surface area (Å²) in [7, 11) is -4.61. The van der Waals surface area contributed by atoms with Gasteiger partial charge in [0.05, 0.1) is 19.8 Å². The lowest BCUT2D eigenvalue weighted by Crippen LogP contribution is -2.29. The molecule has 0 saturated heterocycles. The summed E-state index contributed by atoms with van der Waals surface area (Å²) in [6, 6.07) is 0. The molecule has 0 aliphatic heterocycles. The number of esters is 2. The third-order valence-corrected chi connectivity index (χ3v) is 9.87. The molecule has 12 heteroatoms. The normalized spacial score (nSPS) is 13.8. The topological polar surface area (TPSA) is 184 Å². The number of aliphatic hydroxyl groups is 2. The molecule has 0 aromatic carbocycles. The molecule has 0 aliphatic carbocycles. The van der Waals surface area contributed by atoms with Crippen LogP contribution in [0.3, 0.4) is 0 Å². The van der Waals surface area contributed by atoms with E-state index in [4.69, 9.17) is 19.1 Å². The van der Waals surface area contributed by atoms with Gasteiger partial charge in [0.15, 0.2) is 6.10 Å². The lowest BCUT2D eigenvalue weighted by Gasteiger charge is -2.20. The third-order valence-electron chi connectivity index (χ3n) is 8.92. The van der Waals surface area contributed by atoms with E-state index in [1.54, 1.807) is 0 Å². The number of phosphoric acid groups is 1. The molecular weight excluding hydrogens is 685 g/mol. The number of unbranched alkanes of at least 4 members (excludes halogenated alkanes) is 23. The summed E-state index contributed by atoms with van der Waals surface area (Å²) in [4.78, 5) is 34.9. The number of phosphoric ester groups is 1. The molecule has 0 aromatic heterocycles. The van der Waals surface area contributed by atoms with Crippen molar-refractivity contribution in [3.05, 3.63) is 12.2 Å². The quantitative estimate of drug-likeness (QED) is 0.0202. The van der Waals surface area contributed by atoms with Gasteiger partial charge in [-0.2, -0.15) is 0 Å².